The van der Waals surface area contributed by atoms with E-state index in [0.29, 0.717) is 0 Å². The summed E-state index contributed by atoms with van der Waals surface area (Å²) in [7, 11) is 1.72. The fourth-order valence-corrected chi connectivity index (χ4v) is 1.43. The summed E-state index contributed by atoms with van der Waals surface area (Å²) in [5.41, 5.74) is 2.63. The molecule has 0 saturated heterocycles. The molecule has 0 bridgehead atoms. The van der Waals surface area contributed by atoms with Gasteiger partial charge in [-0.05, 0) is 6.92 Å². The van der Waals surface area contributed by atoms with Crippen molar-refractivity contribution in [2.24, 2.45) is 0 Å². The highest BCUT2D eigenvalue weighted by atomic mass is 32.1. The standard InChI is InChI=1S/C6H8N2OS/c1-5-6(8(2)4-9)10-3-7-5/h3-4H,1-2H3. The second-order valence-corrected chi connectivity index (χ2v) is 2.79. The van der Waals surface area contributed by atoms with E-state index in [9.17, 15) is 4.79 Å². The molecule has 0 radical (unpaired) electrons. The fraction of sp³-hybridized carbons (Fsp3) is 0.333. The van der Waals surface area contributed by atoms with Crippen molar-refractivity contribution in [2.45, 2.75) is 6.92 Å². The first-order chi connectivity index (χ1) is 4.75. The van der Waals surface area contributed by atoms with Gasteiger partial charge >= 0.3 is 0 Å². The number of nitrogens with zero attached hydrogens (tertiary/aromatic N) is 2. The van der Waals surface area contributed by atoms with Gasteiger partial charge in [0.15, 0.2) is 0 Å². The molecule has 0 aliphatic carbocycles. The van der Waals surface area contributed by atoms with E-state index in [1.807, 2.05) is 6.92 Å². The zero-order chi connectivity index (χ0) is 7.56. The first-order valence-corrected chi connectivity index (χ1v) is 3.72. The second kappa shape index (κ2) is 2.79. The minimum atomic E-state index is 0.778. The third-order valence-corrected chi connectivity index (χ3v) is 2.22. The third kappa shape index (κ3) is 1.16. The first-order valence-electron chi connectivity index (χ1n) is 2.84. The van der Waals surface area contributed by atoms with Gasteiger partial charge in [0.05, 0.1) is 11.2 Å². The summed E-state index contributed by atoms with van der Waals surface area (Å²) in [6.45, 7) is 1.88. The van der Waals surface area contributed by atoms with Gasteiger partial charge in [-0.2, -0.15) is 0 Å². The number of anilines is 1. The van der Waals surface area contributed by atoms with E-state index in [2.05, 4.69) is 4.98 Å². The van der Waals surface area contributed by atoms with Crippen molar-refractivity contribution in [1.82, 2.24) is 4.98 Å². The second-order valence-electron chi connectivity index (χ2n) is 1.96. The van der Waals surface area contributed by atoms with E-state index in [-0.39, 0.29) is 0 Å². The van der Waals surface area contributed by atoms with Crippen LogP contribution in [0.3, 0.4) is 0 Å². The van der Waals surface area contributed by atoms with Crippen molar-refractivity contribution >= 4 is 22.7 Å². The molecule has 0 saturated carbocycles. The molecule has 0 spiro atoms. The number of amides is 1. The lowest BCUT2D eigenvalue weighted by Gasteiger charge is -2.06. The highest BCUT2D eigenvalue weighted by molar-refractivity contribution is 7.14. The normalized spacial score (nSPS) is 9.40. The maximum Gasteiger partial charge on any atom is 0.214 e. The zero-order valence-electron chi connectivity index (χ0n) is 5.87. The Morgan fingerprint density at radius 1 is 1.80 bits per heavy atom. The molecule has 0 aliphatic rings. The monoisotopic (exact) mass is 156 g/mol. The van der Waals surface area contributed by atoms with Crippen LogP contribution in [0.1, 0.15) is 5.69 Å². The summed E-state index contributed by atoms with van der Waals surface area (Å²) >= 11 is 1.47. The Hall–Kier alpha value is -0.900. The Morgan fingerprint density at radius 3 is 2.90 bits per heavy atom. The largest absolute Gasteiger partial charge is 0.308 e. The number of hydrogen-bond donors (Lipinski definition) is 0. The highest BCUT2D eigenvalue weighted by Gasteiger charge is 2.04. The number of hydrogen-bond acceptors (Lipinski definition) is 3. The van der Waals surface area contributed by atoms with Crippen LogP contribution in [0.25, 0.3) is 0 Å². The topological polar surface area (TPSA) is 33.2 Å². The smallest absolute Gasteiger partial charge is 0.214 e. The predicted molar refractivity (Wildman–Crippen MR) is 41.3 cm³/mol. The lowest BCUT2D eigenvalue weighted by molar-refractivity contribution is -0.107. The average molecular weight is 156 g/mol. The molecule has 4 heteroatoms. The molecule has 10 heavy (non-hydrogen) atoms. The average Bonchev–Trinajstić information content (AvgIpc) is 2.34. The van der Waals surface area contributed by atoms with Crippen molar-refractivity contribution in [2.75, 3.05) is 11.9 Å². The van der Waals surface area contributed by atoms with E-state index < -0.39 is 0 Å². The lowest BCUT2D eigenvalue weighted by atomic mass is 10.5. The van der Waals surface area contributed by atoms with Gasteiger partial charge in [0.25, 0.3) is 0 Å². The Balaban J connectivity index is 2.92. The van der Waals surface area contributed by atoms with Crippen molar-refractivity contribution in [3.8, 4) is 0 Å². The lowest BCUT2D eigenvalue weighted by Crippen LogP contribution is -2.12. The van der Waals surface area contributed by atoms with Crippen LogP contribution in [-0.2, 0) is 4.79 Å². The van der Waals surface area contributed by atoms with Crippen LogP contribution in [0.2, 0.25) is 0 Å². The summed E-state index contributed by atoms with van der Waals surface area (Å²) in [6.07, 6.45) is 0.778. The minimum absolute atomic E-state index is 0.778. The third-order valence-electron chi connectivity index (χ3n) is 1.20. The predicted octanol–water partition coefficient (Wildman–Crippen LogP) is 1.04. The van der Waals surface area contributed by atoms with Crippen LogP contribution in [-0.4, -0.2) is 18.4 Å². The molecule has 0 unspecified atom stereocenters. The van der Waals surface area contributed by atoms with Gasteiger partial charge in [-0.25, -0.2) is 4.98 Å². The number of thiazole rings is 1. The molecule has 1 aromatic heterocycles. The van der Waals surface area contributed by atoms with Crippen molar-refractivity contribution < 1.29 is 4.79 Å². The van der Waals surface area contributed by atoms with E-state index in [0.717, 1.165) is 17.1 Å². The van der Waals surface area contributed by atoms with E-state index in [1.165, 1.54) is 16.2 Å². The van der Waals surface area contributed by atoms with E-state index >= 15 is 0 Å². The maximum absolute atomic E-state index is 10.3. The van der Waals surface area contributed by atoms with Gasteiger partial charge in [-0.3, -0.25) is 4.79 Å². The quantitative estimate of drug-likeness (QED) is 0.599. The van der Waals surface area contributed by atoms with Gasteiger partial charge in [-0.1, -0.05) is 0 Å². The molecule has 0 aromatic carbocycles. The van der Waals surface area contributed by atoms with Crippen LogP contribution in [0.15, 0.2) is 5.51 Å². The molecule has 0 atom stereocenters. The summed E-state index contributed by atoms with van der Waals surface area (Å²) in [6, 6.07) is 0. The first kappa shape index (κ1) is 7.21. The molecule has 1 amide bonds. The SMILES string of the molecule is Cc1ncsc1N(C)C=O. The Labute approximate surface area is 63.3 Å². The Kier molecular flexibility index (Phi) is 2.01. The van der Waals surface area contributed by atoms with Crippen LogP contribution in [0.4, 0.5) is 5.00 Å². The molecular formula is C6H8N2OS. The maximum atomic E-state index is 10.3. The van der Waals surface area contributed by atoms with Gasteiger partial charge in [0, 0.05) is 7.05 Å². The number of aryl methyl sites for hydroxylation is 1. The molecule has 1 heterocycles. The van der Waals surface area contributed by atoms with Crippen LogP contribution in [0, 0.1) is 6.92 Å². The highest BCUT2D eigenvalue weighted by Crippen LogP contribution is 2.21. The number of carbonyl (C=O) groups excluding carboxylic acids is 1. The summed E-state index contributed by atoms with van der Waals surface area (Å²) in [4.78, 5) is 15.8. The summed E-state index contributed by atoms with van der Waals surface area (Å²) < 4.78 is 0. The minimum Gasteiger partial charge on any atom is -0.308 e. The van der Waals surface area contributed by atoms with Gasteiger partial charge in [-0.15, -0.1) is 11.3 Å². The van der Waals surface area contributed by atoms with Crippen molar-refractivity contribution in [1.29, 1.82) is 0 Å². The van der Waals surface area contributed by atoms with Crippen molar-refractivity contribution in [3.63, 3.8) is 0 Å². The molecular weight excluding hydrogens is 148 g/mol. The molecule has 1 aromatic rings. The number of aromatic nitrogens is 1. The van der Waals surface area contributed by atoms with Crippen LogP contribution in [0.5, 0.6) is 0 Å². The Bertz CT molecular complexity index is 233. The molecule has 0 aliphatic heterocycles. The Morgan fingerprint density at radius 2 is 2.50 bits per heavy atom. The van der Waals surface area contributed by atoms with E-state index in [1.54, 1.807) is 12.6 Å². The number of rotatable bonds is 2. The molecule has 0 N–H and O–H groups in total. The number of carbonyl (C=O) groups is 1. The molecule has 54 valence electrons. The van der Waals surface area contributed by atoms with E-state index in [4.69, 9.17) is 0 Å². The van der Waals surface area contributed by atoms with Crippen LogP contribution < -0.4 is 4.90 Å². The van der Waals surface area contributed by atoms with Crippen molar-refractivity contribution in [3.05, 3.63) is 11.2 Å². The van der Waals surface area contributed by atoms with Gasteiger partial charge in [0.1, 0.15) is 5.00 Å². The summed E-state index contributed by atoms with van der Waals surface area (Å²) in [5, 5.41) is 0.912. The van der Waals surface area contributed by atoms with Gasteiger partial charge in [0.2, 0.25) is 6.41 Å². The zero-order valence-corrected chi connectivity index (χ0v) is 6.68. The molecule has 3 nitrogen and oxygen atoms in total. The molecule has 1 rings (SSSR count). The fourth-order valence-electron chi connectivity index (χ4n) is 0.682. The van der Waals surface area contributed by atoms with Crippen LogP contribution >= 0.6 is 11.3 Å². The molecule has 0 fully saturated rings. The van der Waals surface area contributed by atoms with Gasteiger partial charge < -0.3 is 4.90 Å². The summed E-state index contributed by atoms with van der Waals surface area (Å²) in [5.74, 6) is 0.